The molecule has 61 heavy (non-hydrogen) atoms. The summed E-state index contributed by atoms with van der Waals surface area (Å²) in [4.78, 5) is 53.7. The van der Waals surface area contributed by atoms with Gasteiger partial charge in [-0.2, -0.15) is 0 Å². The average Bonchev–Trinajstić information content (AvgIpc) is 3.71. The van der Waals surface area contributed by atoms with E-state index < -0.39 is 82.9 Å². The van der Waals surface area contributed by atoms with E-state index >= 15 is 0 Å². The number of ether oxygens (including phenoxy) is 4. The summed E-state index contributed by atoms with van der Waals surface area (Å²) in [7, 11) is 1.47. The fraction of sp³-hybridized carbons (Fsp3) is 0.587. The number of likely N-dealkylation sites (tertiary alicyclic amines) is 1. The number of rotatable bonds is 4. The number of aliphatic hydroxyl groups excluding tert-OH is 2. The molecule has 0 radical (unpaired) electrons. The minimum absolute atomic E-state index is 0.0364. The molecule has 1 fully saturated rings. The van der Waals surface area contributed by atoms with Crippen LogP contribution in [-0.4, -0.2) is 106 Å². The molecule has 0 saturated carbocycles. The molecule has 15 heteroatoms. The van der Waals surface area contributed by atoms with Crippen molar-refractivity contribution in [2.75, 3.05) is 32.1 Å². The van der Waals surface area contributed by atoms with E-state index in [0.717, 1.165) is 6.54 Å². The van der Waals surface area contributed by atoms with Gasteiger partial charge >= 0.3 is 11.8 Å². The molecule has 2 aromatic rings. The van der Waals surface area contributed by atoms with E-state index in [9.17, 15) is 34.8 Å². The van der Waals surface area contributed by atoms with Gasteiger partial charge in [-0.3, -0.25) is 24.4 Å². The van der Waals surface area contributed by atoms with Crippen molar-refractivity contribution in [2.45, 2.75) is 118 Å². The maximum absolute atomic E-state index is 14.7. The minimum Gasteiger partial charge on any atom is -0.507 e. The maximum Gasteiger partial charge on any atom is 0.312 e. The third-order valence-electron chi connectivity index (χ3n) is 12.9. The molecule has 332 valence electrons. The topological polar surface area (TPSA) is 209 Å². The molecule has 1 amide bonds. The molecule has 15 nitrogen and oxygen atoms in total. The van der Waals surface area contributed by atoms with Crippen LogP contribution in [0.5, 0.6) is 17.2 Å². The van der Waals surface area contributed by atoms with Crippen molar-refractivity contribution >= 4 is 34.1 Å². The highest BCUT2D eigenvalue weighted by molar-refractivity contribution is 6.19. The van der Waals surface area contributed by atoms with Crippen LogP contribution >= 0.6 is 0 Å². The van der Waals surface area contributed by atoms with Gasteiger partial charge in [0.25, 0.3) is 11.7 Å². The highest BCUT2D eigenvalue weighted by atomic mass is 16.7. The van der Waals surface area contributed by atoms with Gasteiger partial charge in [0.05, 0.1) is 40.9 Å². The first-order valence-corrected chi connectivity index (χ1v) is 21.2. The van der Waals surface area contributed by atoms with Crippen molar-refractivity contribution < 1.29 is 53.8 Å². The molecule has 0 unspecified atom stereocenters. The molecule has 4 heterocycles. The largest absolute Gasteiger partial charge is 0.507 e. The number of phenolic OH excluding ortho intramolecular Hbond substituents is 2. The smallest absolute Gasteiger partial charge is 0.312 e. The molecule has 4 aliphatic rings. The van der Waals surface area contributed by atoms with Crippen LogP contribution in [0.25, 0.3) is 10.8 Å². The molecule has 5 N–H and O–H groups in total. The Morgan fingerprint density at radius 1 is 0.967 bits per heavy atom. The van der Waals surface area contributed by atoms with E-state index in [2.05, 4.69) is 24.1 Å². The summed E-state index contributed by atoms with van der Waals surface area (Å²) in [5.74, 6) is -6.44. The molecule has 1 spiro atoms. The van der Waals surface area contributed by atoms with E-state index in [1.165, 1.54) is 27.2 Å². The van der Waals surface area contributed by atoms with Gasteiger partial charge in [0, 0.05) is 93.6 Å². The predicted octanol–water partition coefficient (Wildman–Crippen LogP) is 4.75. The zero-order valence-corrected chi connectivity index (χ0v) is 37.1. The molecule has 2 aromatic carbocycles. The van der Waals surface area contributed by atoms with E-state index in [-0.39, 0.29) is 55.4 Å². The van der Waals surface area contributed by atoms with Gasteiger partial charge in [-0.25, -0.2) is 0 Å². The van der Waals surface area contributed by atoms with Crippen LogP contribution in [-0.2, 0) is 23.8 Å². The number of hydrogen-bond donors (Lipinski definition) is 5. The molecule has 4 aliphatic heterocycles. The quantitative estimate of drug-likeness (QED) is 0.209. The lowest BCUT2D eigenvalue weighted by molar-refractivity contribution is -0.160. The van der Waals surface area contributed by atoms with E-state index in [1.54, 1.807) is 65.8 Å². The number of allylic oxidation sites excluding steroid dienone is 2. The Bertz CT molecular complexity index is 2300. The van der Waals surface area contributed by atoms with Gasteiger partial charge in [0.2, 0.25) is 0 Å². The third kappa shape index (κ3) is 8.54. The molecule has 6 rings (SSSR count). The van der Waals surface area contributed by atoms with Gasteiger partial charge in [0.15, 0.2) is 11.4 Å². The normalized spacial score (nSPS) is 32.7. The Morgan fingerprint density at radius 3 is 2.25 bits per heavy atom. The molecular weight excluding hydrogens is 785 g/mol. The zero-order chi connectivity index (χ0) is 44.9. The number of carbonyl (C=O) groups excluding carboxylic acids is 3. The molecule has 9 atom stereocenters. The van der Waals surface area contributed by atoms with E-state index in [0.29, 0.717) is 31.8 Å². The van der Waals surface area contributed by atoms with Crippen LogP contribution < -0.4 is 20.8 Å². The summed E-state index contributed by atoms with van der Waals surface area (Å²) in [6.45, 7) is 19.5. The number of aliphatic hydroxyl groups is 2. The number of Topliss-reactive ketones (excluding diaryl/α,β-unsaturated/α-hetero) is 1. The number of benzene rings is 2. The number of amides is 1. The van der Waals surface area contributed by atoms with E-state index in [1.807, 2.05) is 0 Å². The fourth-order valence-electron chi connectivity index (χ4n) is 9.20. The lowest BCUT2D eigenvalue weighted by Gasteiger charge is -2.38. The lowest BCUT2D eigenvalue weighted by atomic mass is 9.78. The molecular formula is C46H62N4O11. The van der Waals surface area contributed by atoms with Crippen molar-refractivity contribution in [2.24, 2.45) is 39.6 Å². The monoisotopic (exact) mass is 846 g/mol. The van der Waals surface area contributed by atoms with Crippen molar-refractivity contribution in [3.63, 3.8) is 0 Å². The van der Waals surface area contributed by atoms with Crippen LogP contribution in [0.4, 0.5) is 5.69 Å². The number of aromatic hydroxyl groups is 2. The number of esters is 1. The highest BCUT2D eigenvalue weighted by Gasteiger charge is 2.50. The van der Waals surface area contributed by atoms with Crippen molar-refractivity contribution in [3.8, 4) is 17.2 Å². The second-order valence-electron chi connectivity index (χ2n) is 18.0. The summed E-state index contributed by atoms with van der Waals surface area (Å²) in [6, 6.07) is 0. The van der Waals surface area contributed by atoms with Crippen LogP contribution in [0.2, 0.25) is 0 Å². The van der Waals surface area contributed by atoms with Crippen molar-refractivity contribution in [3.05, 3.63) is 58.0 Å². The summed E-state index contributed by atoms with van der Waals surface area (Å²) >= 11 is 0. The van der Waals surface area contributed by atoms with Crippen LogP contribution in [0, 0.1) is 36.5 Å². The Kier molecular flexibility index (Phi) is 13.1. The number of hydrogen-bond acceptors (Lipinski definition) is 14. The third-order valence-corrected chi connectivity index (χ3v) is 12.9. The van der Waals surface area contributed by atoms with Crippen molar-refractivity contribution in [1.29, 1.82) is 0 Å². The number of fused-ring (bicyclic) bond motifs is 1. The van der Waals surface area contributed by atoms with Gasteiger partial charge in [0.1, 0.15) is 28.6 Å². The van der Waals surface area contributed by atoms with Gasteiger partial charge < -0.3 is 49.6 Å². The first-order chi connectivity index (χ1) is 28.6. The van der Waals surface area contributed by atoms with Gasteiger partial charge in [-0.15, -0.1) is 0 Å². The zero-order valence-electron chi connectivity index (χ0n) is 37.1. The van der Waals surface area contributed by atoms with Gasteiger partial charge in [-0.1, -0.05) is 59.8 Å². The Morgan fingerprint density at radius 2 is 1.62 bits per heavy atom. The molecule has 0 aromatic heterocycles. The number of nitrogens with one attached hydrogen (secondary N) is 1. The number of phenols is 2. The Labute approximate surface area is 356 Å². The molecule has 4 bridgehead atoms. The van der Waals surface area contributed by atoms with Crippen LogP contribution in [0.1, 0.15) is 91.1 Å². The highest BCUT2D eigenvalue weighted by Crippen LogP contribution is 2.50. The van der Waals surface area contributed by atoms with Crippen molar-refractivity contribution in [1.82, 2.24) is 4.90 Å². The van der Waals surface area contributed by atoms with Crippen LogP contribution in [0.15, 0.2) is 46.1 Å². The molecule has 1 saturated heterocycles. The first-order valence-electron chi connectivity index (χ1n) is 21.2. The fourth-order valence-corrected chi connectivity index (χ4v) is 9.20. The summed E-state index contributed by atoms with van der Waals surface area (Å²) in [5.41, 5.74) is -0.572. The Balaban J connectivity index is 1.54. The maximum atomic E-state index is 14.7. The number of methoxy groups -OCH3 is 1. The number of carbonyl (C=O) groups is 3. The lowest BCUT2D eigenvalue weighted by Crippen LogP contribution is -2.46. The number of piperidine rings is 1. The standard InChI is InChI=1S/C46H62N4O11/c1-22(2)21-50-18-16-46(17-19-50)48-34-31-32-39(54)28(8)42-33(31)43(56)45(10,61-42)59-20-15-30(58-11)25(5)41(60-29(9)51)27(7)38(53)26(6)37(52)23(3)13-12-14-24(4)44(57)47-36(40(32)55)35(34)49-46/h12-15,20,22-23,25-27,30,37-38,41,52-55H,16-19,21H2,1-11H3,(H,47,57)/b13-12-,20-15-,24-14+/t23-,25+,26+,27-,30-,37-,38+,41-,45-/m0/s1. The first kappa shape index (κ1) is 45.7. The minimum atomic E-state index is -1.96. The number of nitrogens with zero attached hydrogens (tertiary/aromatic N) is 3. The molecule has 0 aliphatic carbocycles. The summed E-state index contributed by atoms with van der Waals surface area (Å²) in [6.07, 6.45) is 5.04. The SMILES string of the molecule is CO[C@H]1/C=C\O[C@@]2(C)Oc3c(C)c(O)c4c(O)c(c5c(c4c3C2=O)=NC2(CCN(CC(C)C)CC2)N=5)NC(=O)/C(C)=C/C=C\[C@H](C)[C@H](O)[C@@H](C)[C@@H](O)[C@H](C)[C@@H](OC(C)=O)[C@@H]1C. The van der Waals surface area contributed by atoms with Gasteiger partial charge in [-0.05, 0) is 25.8 Å². The number of ketones is 1. The van der Waals surface area contributed by atoms with E-state index in [4.69, 9.17) is 28.9 Å². The second-order valence-corrected chi connectivity index (χ2v) is 18.0. The average molecular weight is 847 g/mol. The number of anilines is 1. The summed E-state index contributed by atoms with van der Waals surface area (Å²) < 4.78 is 24.0. The Hall–Kier alpha value is -4.83. The summed E-state index contributed by atoms with van der Waals surface area (Å²) in [5, 5.41) is 50.2. The van der Waals surface area contributed by atoms with Crippen LogP contribution in [0.3, 0.4) is 0 Å². The second kappa shape index (κ2) is 17.5. The predicted molar refractivity (Wildman–Crippen MR) is 228 cm³/mol.